The van der Waals surface area contributed by atoms with Gasteiger partial charge < -0.3 is 10.2 Å². The van der Waals surface area contributed by atoms with Gasteiger partial charge in [0.2, 0.25) is 0 Å². The summed E-state index contributed by atoms with van der Waals surface area (Å²) in [5.41, 5.74) is 1.75. The lowest BCUT2D eigenvalue weighted by atomic mass is 9.70. The largest absolute Gasteiger partial charge is 0.312 e. The summed E-state index contributed by atoms with van der Waals surface area (Å²) in [5, 5.41) is 3.89. The third kappa shape index (κ3) is 4.11. The Morgan fingerprint density at radius 3 is 2.59 bits per heavy atom. The molecule has 1 aliphatic rings. The van der Waals surface area contributed by atoms with Crippen LogP contribution in [0.15, 0.2) is 30.3 Å². The van der Waals surface area contributed by atoms with E-state index in [1.807, 2.05) is 0 Å². The molecular formula is C20H34N2. The van der Waals surface area contributed by atoms with E-state index in [9.17, 15) is 0 Å². The highest BCUT2D eigenvalue weighted by atomic mass is 15.2. The summed E-state index contributed by atoms with van der Waals surface area (Å²) < 4.78 is 0. The van der Waals surface area contributed by atoms with E-state index in [2.05, 4.69) is 68.5 Å². The molecule has 0 spiro atoms. The summed E-state index contributed by atoms with van der Waals surface area (Å²) in [6.45, 7) is 5.80. The van der Waals surface area contributed by atoms with E-state index >= 15 is 0 Å². The molecule has 0 amide bonds. The van der Waals surface area contributed by atoms with Crippen LogP contribution < -0.4 is 5.32 Å². The molecule has 2 nitrogen and oxygen atoms in total. The molecule has 2 rings (SSSR count). The van der Waals surface area contributed by atoms with Gasteiger partial charge >= 0.3 is 0 Å². The van der Waals surface area contributed by atoms with E-state index in [4.69, 9.17) is 0 Å². The van der Waals surface area contributed by atoms with E-state index in [0.29, 0.717) is 11.6 Å². The van der Waals surface area contributed by atoms with E-state index in [-0.39, 0.29) is 0 Å². The predicted octanol–water partition coefficient (Wildman–Crippen LogP) is 4.11. The van der Waals surface area contributed by atoms with Gasteiger partial charge in [-0.25, -0.2) is 0 Å². The lowest BCUT2D eigenvalue weighted by molar-refractivity contribution is 0.0373. The molecule has 0 aromatic heterocycles. The van der Waals surface area contributed by atoms with Gasteiger partial charge in [-0.1, -0.05) is 57.0 Å². The zero-order chi connectivity index (χ0) is 16.0. The van der Waals surface area contributed by atoms with Crippen LogP contribution in [0.25, 0.3) is 0 Å². The Balaban J connectivity index is 2.23. The minimum Gasteiger partial charge on any atom is -0.312 e. The summed E-state index contributed by atoms with van der Waals surface area (Å²) in [7, 11) is 4.56. The van der Waals surface area contributed by atoms with Crippen molar-refractivity contribution in [2.75, 3.05) is 20.6 Å². The third-order valence-corrected chi connectivity index (χ3v) is 5.47. The van der Waals surface area contributed by atoms with Crippen LogP contribution >= 0.6 is 0 Å². The van der Waals surface area contributed by atoms with E-state index in [1.165, 1.54) is 37.7 Å². The fourth-order valence-electron chi connectivity index (χ4n) is 4.22. The number of benzene rings is 1. The predicted molar refractivity (Wildman–Crippen MR) is 96.3 cm³/mol. The SMILES string of the molecule is CCCNC(Cc1ccccc1)C1(N(C)C)CCCC(C)C1. The molecule has 1 aromatic carbocycles. The Morgan fingerprint density at radius 2 is 2.00 bits per heavy atom. The number of hydrogen-bond donors (Lipinski definition) is 1. The van der Waals surface area contributed by atoms with Crippen LogP contribution in [0.4, 0.5) is 0 Å². The molecule has 3 unspecified atom stereocenters. The number of hydrogen-bond acceptors (Lipinski definition) is 2. The molecule has 1 aromatic rings. The first-order chi connectivity index (χ1) is 10.6. The van der Waals surface area contributed by atoms with E-state index in [1.54, 1.807) is 0 Å². The van der Waals surface area contributed by atoms with Crippen LogP contribution in [0, 0.1) is 5.92 Å². The molecule has 3 atom stereocenters. The van der Waals surface area contributed by atoms with Gasteiger partial charge in [-0.3, -0.25) is 0 Å². The Bertz CT molecular complexity index is 429. The zero-order valence-electron chi connectivity index (χ0n) is 14.9. The molecule has 0 aliphatic heterocycles. The quantitative estimate of drug-likeness (QED) is 0.815. The van der Waals surface area contributed by atoms with Gasteiger partial charge in [-0.05, 0) is 57.8 Å². The van der Waals surface area contributed by atoms with Crippen molar-refractivity contribution in [3.05, 3.63) is 35.9 Å². The topological polar surface area (TPSA) is 15.3 Å². The standard InChI is InChI=1S/C20H34N2/c1-5-14-21-19(15-18-11-7-6-8-12-18)20(22(3)4)13-9-10-17(2)16-20/h6-8,11-12,17,19,21H,5,9-10,13-16H2,1-4H3. The molecule has 0 heterocycles. The monoisotopic (exact) mass is 302 g/mol. The van der Waals surface area contributed by atoms with Crippen LogP contribution in [0.1, 0.15) is 51.5 Å². The number of nitrogens with zero attached hydrogens (tertiary/aromatic N) is 1. The van der Waals surface area contributed by atoms with E-state index < -0.39 is 0 Å². The van der Waals surface area contributed by atoms with Crippen molar-refractivity contribution >= 4 is 0 Å². The zero-order valence-corrected chi connectivity index (χ0v) is 14.9. The molecule has 1 aliphatic carbocycles. The molecular weight excluding hydrogens is 268 g/mol. The maximum absolute atomic E-state index is 3.89. The highest BCUT2D eigenvalue weighted by Crippen LogP contribution is 2.39. The summed E-state index contributed by atoms with van der Waals surface area (Å²) in [6.07, 6.45) is 7.71. The van der Waals surface area contributed by atoms with Gasteiger partial charge in [0.1, 0.15) is 0 Å². The maximum atomic E-state index is 3.89. The highest BCUT2D eigenvalue weighted by Gasteiger charge is 2.43. The Morgan fingerprint density at radius 1 is 1.27 bits per heavy atom. The number of rotatable bonds is 7. The average molecular weight is 303 g/mol. The first-order valence-corrected chi connectivity index (χ1v) is 9.03. The van der Waals surface area contributed by atoms with Crippen LogP contribution in [0.2, 0.25) is 0 Å². The summed E-state index contributed by atoms with van der Waals surface area (Å²) >= 11 is 0. The van der Waals surface area contributed by atoms with Crippen molar-refractivity contribution in [3.8, 4) is 0 Å². The molecule has 0 bridgehead atoms. The Labute approximate surface area is 137 Å². The van der Waals surface area contributed by atoms with Crippen molar-refractivity contribution in [2.45, 2.75) is 64.0 Å². The minimum atomic E-state index is 0.294. The van der Waals surface area contributed by atoms with E-state index in [0.717, 1.165) is 18.9 Å². The van der Waals surface area contributed by atoms with Crippen LogP contribution in [-0.2, 0) is 6.42 Å². The summed E-state index contributed by atoms with van der Waals surface area (Å²) in [4.78, 5) is 2.51. The van der Waals surface area contributed by atoms with Gasteiger partial charge in [0.25, 0.3) is 0 Å². The van der Waals surface area contributed by atoms with Crippen molar-refractivity contribution in [1.29, 1.82) is 0 Å². The molecule has 1 N–H and O–H groups in total. The van der Waals surface area contributed by atoms with Gasteiger partial charge in [0.05, 0.1) is 0 Å². The van der Waals surface area contributed by atoms with Gasteiger partial charge in [-0.2, -0.15) is 0 Å². The molecule has 1 saturated carbocycles. The molecule has 0 radical (unpaired) electrons. The minimum absolute atomic E-state index is 0.294. The first-order valence-electron chi connectivity index (χ1n) is 9.03. The highest BCUT2D eigenvalue weighted by molar-refractivity contribution is 5.18. The lowest BCUT2D eigenvalue weighted by Crippen LogP contribution is -2.61. The second kappa shape index (κ2) is 8.12. The summed E-state index contributed by atoms with van der Waals surface area (Å²) in [6, 6.07) is 11.5. The van der Waals surface area contributed by atoms with Crippen molar-refractivity contribution in [2.24, 2.45) is 5.92 Å². The molecule has 1 fully saturated rings. The third-order valence-electron chi connectivity index (χ3n) is 5.47. The average Bonchev–Trinajstić information content (AvgIpc) is 2.52. The second-order valence-electron chi connectivity index (χ2n) is 7.40. The molecule has 2 heteroatoms. The first kappa shape index (κ1) is 17.5. The Kier molecular flexibility index (Phi) is 6.46. The van der Waals surface area contributed by atoms with Crippen molar-refractivity contribution in [3.63, 3.8) is 0 Å². The maximum Gasteiger partial charge on any atom is 0.0362 e. The van der Waals surface area contributed by atoms with Crippen LogP contribution in [-0.4, -0.2) is 37.1 Å². The van der Waals surface area contributed by atoms with Crippen molar-refractivity contribution in [1.82, 2.24) is 10.2 Å². The smallest absolute Gasteiger partial charge is 0.0362 e. The second-order valence-corrected chi connectivity index (χ2v) is 7.40. The fourth-order valence-corrected chi connectivity index (χ4v) is 4.22. The molecule has 22 heavy (non-hydrogen) atoms. The lowest BCUT2D eigenvalue weighted by Gasteiger charge is -2.50. The number of nitrogens with one attached hydrogen (secondary N) is 1. The fraction of sp³-hybridized carbons (Fsp3) is 0.700. The molecule has 124 valence electrons. The Hall–Kier alpha value is -0.860. The van der Waals surface area contributed by atoms with Crippen LogP contribution in [0.5, 0.6) is 0 Å². The molecule has 0 saturated heterocycles. The van der Waals surface area contributed by atoms with Crippen molar-refractivity contribution < 1.29 is 0 Å². The van der Waals surface area contributed by atoms with Gasteiger partial charge in [-0.15, -0.1) is 0 Å². The normalized spacial score (nSPS) is 27.0. The number of likely N-dealkylation sites (N-methyl/N-ethyl adjacent to an activating group) is 1. The summed E-state index contributed by atoms with van der Waals surface area (Å²) in [5.74, 6) is 0.831. The van der Waals surface area contributed by atoms with Crippen LogP contribution in [0.3, 0.4) is 0 Å². The van der Waals surface area contributed by atoms with Gasteiger partial charge in [0.15, 0.2) is 0 Å². The van der Waals surface area contributed by atoms with Gasteiger partial charge in [0, 0.05) is 11.6 Å².